The predicted octanol–water partition coefficient (Wildman–Crippen LogP) is 3.57. The summed E-state index contributed by atoms with van der Waals surface area (Å²) in [4.78, 5) is 28.9. The first-order chi connectivity index (χ1) is 12.2. The molecule has 0 bridgehead atoms. The quantitative estimate of drug-likeness (QED) is 0.741. The van der Waals surface area contributed by atoms with Crippen LogP contribution in [-0.4, -0.2) is 30.3 Å². The number of aromatic nitrogens is 1. The van der Waals surface area contributed by atoms with E-state index >= 15 is 0 Å². The summed E-state index contributed by atoms with van der Waals surface area (Å²) >= 11 is 0. The number of carbonyl (C=O) groups excluding carboxylic acids is 2. The molecule has 0 amide bonds. The van der Waals surface area contributed by atoms with Gasteiger partial charge in [-0.2, -0.15) is 0 Å². The summed E-state index contributed by atoms with van der Waals surface area (Å²) < 4.78 is 10.8. The topological polar surface area (TPSA) is 65.5 Å². The second-order valence-electron chi connectivity index (χ2n) is 6.01. The Morgan fingerprint density at radius 3 is 2.96 bits per heavy atom. The largest absolute Gasteiger partial charge is 0.497 e. The fraction of sp³-hybridized carbons (Fsp3) is 0.350. The zero-order chi connectivity index (χ0) is 17.6. The van der Waals surface area contributed by atoms with Gasteiger partial charge in [-0.05, 0) is 36.6 Å². The fourth-order valence-electron chi connectivity index (χ4n) is 2.99. The Kier molecular flexibility index (Phi) is 5.43. The van der Waals surface area contributed by atoms with Gasteiger partial charge < -0.3 is 9.47 Å². The normalized spacial score (nSPS) is 16.4. The third-order valence-electron chi connectivity index (χ3n) is 4.31. The zero-order valence-corrected chi connectivity index (χ0v) is 14.3. The van der Waals surface area contributed by atoms with Gasteiger partial charge in [0.15, 0.2) is 11.6 Å². The summed E-state index contributed by atoms with van der Waals surface area (Å²) in [6.07, 6.45) is 10.1. The lowest BCUT2D eigenvalue weighted by molar-refractivity contribution is -0.115. The van der Waals surface area contributed by atoms with Crippen molar-refractivity contribution < 1.29 is 19.1 Å². The summed E-state index contributed by atoms with van der Waals surface area (Å²) in [6.45, 7) is 0.740. The number of carbonyl (C=O) groups is 2. The zero-order valence-electron chi connectivity index (χ0n) is 14.3. The van der Waals surface area contributed by atoms with Gasteiger partial charge in [0.1, 0.15) is 17.2 Å². The highest BCUT2D eigenvalue weighted by Gasteiger charge is 2.19. The van der Waals surface area contributed by atoms with E-state index in [0.717, 1.165) is 30.8 Å². The van der Waals surface area contributed by atoms with Gasteiger partial charge in [-0.1, -0.05) is 12.2 Å². The van der Waals surface area contributed by atoms with Crippen LogP contribution < -0.4 is 4.74 Å². The Bertz CT molecular complexity index is 774. The van der Waals surface area contributed by atoms with Gasteiger partial charge in [0.25, 0.3) is 0 Å². The maximum atomic E-state index is 12.5. The van der Waals surface area contributed by atoms with Crippen molar-refractivity contribution in [2.75, 3.05) is 13.7 Å². The van der Waals surface area contributed by atoms with Gasteiger partial charge in [-0.3, -0.25) is 9.59 Å². The number of allylic oxidation sites excluding steroid dienone is 5. The monoisotopic (exact) mass is 339 g/mol. The van der Waals surface area contributed by atoms with E-state index in [1.54, 1.807) is 18.3 Å². The average Bonchev–Trinajstić information content (AvgIpc) is 2.88. The van der Waals surface area contributed by atoms with Gasteiger partial charge in [0, 0.05) is 31.0 Å². The minimum atomic E-state index is -0.190. The summed E-state index contributed by atoms with van der Waals surface area (Å²) in [5, 5.41) is 0. The first-order valence-corrected chi connectivity index (χ1v) is 8.47. The molecule has 0 saturated carbocycles. The van der Waals surface area contributed by atoms with Crippen LogP contribution >= 0.6 is 0 Å². The predicted molar refractivity (Wildman–Crippen MR) is 93.4 cm³/mol. The maximum absolute atomic E-state index is 12.5. The number of Topliss-reactive ketones (excluding diaryl/α,β-unsaturated/α-hetero) is 2. The Balaban J connectivity index is 1.67. The summed E-state index contributed by atoms with van der Waals surface area (Å²) in [5.41, 5.74) is 2.00. The minimum absolute atomic E-state index is 0.0428. The second kappa shape index (κ2) is 7.92. The number of pyridine rings is 1. The smallest absolute Gasteiger partial charge is 0.185 e. The van der Waals surface area contributed by atoms with Crippen LogP contribution in [0.2, 0.25) is 0 Å². The second-order valence-corrected chi connectivity index (χ2v) is 6.01. The van der Waals surface area contributed by atoms with Crippen LogP contribution in [0.5, 0.6) is 5.75 Å². The van der Waals surface area contributed by atoms with Crippen molar-refractivity contribution >= 4 is 11.6 Å². The molecule has 0 radical (unpaired) electrons. The molecule has 0 saturated heterocycles. The van der Waals surface area contributed by atoms with E-state index in [4.69, 9.17) is 9.47 Å². The molecule has 1 aromatic heterocycles. The van der Waals surface area contributed by atoms with Crippen LogP contribution in [0.3, 0.4) is 0 Å². The first-order valence-electron chi connectivity index (χ1n) is 8.47. The number of rotatable bonds is 6. The maximum Gasteiger partial charge on any atom is 0.185 e. The molecule has 0 aromatic carbocycles. The van der Waals surface area contributed by atoms with Crippen LogP contribution in [-0.2, 0) is 9.53 Å². The van der Waals surface area contributed by atoms with Crippen molar-refractivity contribution in [2.45, 2.75) is 32.1 Å². The Morgan fingerprint density at radius 2 is 2.12 bits per heavy atom. The molecule has 2 aliphatic rings. The third kappa shape index (κ3) is 4.05. The molecule has 1 aliphatic carbocycles. The molecule has 2 heterocycles. The highest BCUT2D eigenvalue weighted by atomic mass is 16.5. The lowest BCUT2D eigenvalue weighted by Gasteiger charge is -2.18. The molecule has 0 spiro atoms. The number of ketones is 2. The van der Waals surface area contributed by atoms with Gasteiger partial charge in [0.05, 0.1) is 13.7 Å². The lowest BCUT2D eigenvalue weighted by atomic mass is 9.99. The molecule has 5 heteroatoms. The van der Waals surface area contributed by atoms with Gasteiger partial charge in [-0.25, -0.2) is 4.98 Å². The highest BCUT2D eigenvalue weighted by molar-refractivity contribution is 6.03. The van der Waals surface area contributed by atoms with Crippen LogP contribution in [0.4, 0.5) is 0 Å². The number of hydrogen-bond donors (Lipinski definition) is 0. The number of ether oxygens (including phenoxy) is 2. The van der Waals surface area contributed by atoms with Crippen LogP contribution in [0.25, 0.3) is 0 Å². The van der Waals surface area contributed by atoms with Crippen molar-refractivity contribution in [2.24, 2.45) is 0 Å². The molecule has 25 heavy (non-hydrogen) atoms. The van der Waals surface area contributed by atoms with Crippen molar-refractivity contribution in [1.29, 1.82) is 0 Å². The summed E-state index contributed by atoms with van der Waals surface area (Å²) in [6, 6.07) is 3.40. The van der Waals surface area contributed by atoms with Crippen molar-refractivity contribution in [3.05, 3.63) is 59.2 Å². The first kappa shape index (κ1) is 17.1. The van der Waals surface area contributed by atoms with Crippen LogP contribution in [0, 0.1) is 0 Å². The molecule has 0 N–H and O–H groups in total. The molecule has 3 rings (SSSR count). The van der Waals surface area contributed by atoms with E-state index in [1.807, 2.05) is 18.2 Å². The van der Waals surface area contributed by atoms with E-state index in [1.165, 1.54) is 7.11 Å². The summed E-state index contributed by atoms with van der Waals surface area (Å²) in [7, 11) is 1.50. The molecule has 1 aliphatic heterocycles. The Morgan fingerprint density at radius 1 is 1.28 bits per heavy atom. The van der Waals surface area contributed by atoms with Crippen molar-refractivity contribution in [3.63, 3.8) is 0 Å². The molecule has 1 aromatic rings. The third-order valence-corrected chi connectivity index (χ3v) is 4.31. The summed E-state index contributed by atoms with van der Waals surface area (Å²) in [5.74, 6) is 1.16. The average molecular weight is 339 g/mol. The fourth-order valence-corrected chi connectivity index (χ4v) is 2.99. The van der Waals surface area contributed by atoms with Crippen LogP contribution in [0.15, 0.2) is 53.5 Å². The Labute approximate surface area is 147 Å². The van der Waals surface area contributed by atoms with Crippen molar-refractivity contribution in [1.82, 2.24) is 4.98 Å². The van der Waals surface area contributed by atoms with Crippen LogP contribution in [0.1, 0.15) is 42.6 Å². The molecule has 0 unspecified atom stereocenters. The van der Waals surface area contributed by atoms with E-state index < -0.39 is 0 Å². The minimum Gasteiger partial charge on any atom is -0.497 e. The number of hydrogen-bond acceptors (Lipinski definition) is 5. The Hall–Kier alpha value is -2.69. The van der Waals surface area contributed by atoms with Gasteiger partial charge in [0.2, 0.25) is 0 Å². The van der Waals surface area contributed by atoms with E-state index in [-0.39, 0.29) is 30.1 Å². The molecular formula is C20H21NO4. The van der Waals surface area contributed by atoms with E-state index in [0.29, 0.717) is 17.7 Å². The lowest BCUT2D eigenvalue weighted by Crippen LogP contribution is -2.09. The number of methoxy groups -OCH3 is 1. The van der Waals surface area contributed by atoms with E-state index in [9.17, 15) is 9.59 Å². The molecule has 0 atom stereocenters. The SMILES string of the molecule is COc1cccnc1C(=O)CCC(=O)C1=CC2=C(CC=C1)OCCC2. The van der Waals surface area contributed by atoms with Gasteiger partial charge >= 0.3 is 0 Å². The molecular weight excluding hydrogens is 318 g/mol. The highest BCUT2D eigenvalue weighted by Crippen LogP contribution is 2.27. The van der Waals surface area contributed by atoms with E-state index in [2.05, 4.69) is 4.98 Å². The van der Waals surface area contributed by atoms with Gasteiger partial charge in [-0.15, -0.1) is 0 Å². The molecule has 130 valence electrons. The van der Waals surface area contributed by atoms with Crippen molar-refractivity contribution in [3.8, 4) is 5.75 Å². The molecule has 0 fully saturated rings. The number of nitrogens with zero attached hydrogens (tertiary/aromatic N) is 1. The standard InChI is InChI=1S/C20H21NO4/c1-24-19-8-3-11-21-20(19)17(23)10-9-16(22)14-5-2-7-18-15(13-14)6-4-12-25-18/h2-3,5,8,11,13H,4,6-7,9-10,12H2,1H3. The molecule has 5 nitrogen and oxygen atoms in total.